The summed E-state index contributed by atoms with van der Waals surface area (Å²) in [6, 6.07) is 0.249. The highest BCUT2D eigenvalue weighted by atomic mass is 16.6. The highest BCUT2D eigenvalue weighted by Gasteiger charge is 2.35. The summed E-state index contributed by atoms with van der Waals surface area (Å²) < 4.78 is 5.42. The first kappa shape index (κ1) is 18.0. The number of carbonyl (C=O) groups is 2. The van der Waals surface area contributed by atoms with Crippen LogP contribution in [-0.4, -0.2) is 78.1 Å². The van der Waals surface area contributed by atoms with Crippen molar-refractivity contribution in [3.63, 3.8) is 0 Å². The van der Waals surface area contributed by atoms with E-state index in [1.165, 1.54) is 0 Å². The first-order chi connectivity index (χ1) is 10.7. The molecule has 2 aliphatic rings. The number of rotatable bonds is 2. The Hall–Kier alpha value is -1.30. The van der Waals surface area contributed by atoms with Crippen molar-refractivity contribution in [2.24, 2.45) is 0 Å². The average Bonchev–Trinajstić information content (AvgIpc) is 2.90. The van der Waals surface area contributed by atoms with E-state index in [1.807, 2.05) is 39.8 Å². The number of likely N-dealkylation sites (N-methyl/N-ethyl adjacent to an activating group) is 2. The summed E-state index contributed by atoms with van der Waals surface area (Å²) in [5.41, 5.74) is -0.465. The van der Waals surface area contributed by atoms with Gasteiger partial charge in [0.2, 0.25) is 5.91 Å². The number of likely N-dealkylation sites (tertiary alicyclic amines) is 2. The molecule has 2 saturated heterocycles. The molecule has 0 unspecified atom stereocenters. The Morgan fingerprint density at radius 2 is 1.70 bits per heavy atom. The fraction of sp³-hybridized carbons (Fsp3) is 0.882. The first-order valence-electron chi connectivity index (χ1n) is 8.64. The topological polar surface area (TPSA) is 53.1 Å². The van der Waals surface area contributed by atoms with E-state index in [-0.39, 0.29) is 24.1 Å². The van der Waals surface area contributed by atoms with Gasteiger partial charge < -0.3 is 14.5 Å². The van der Waals surface area contributed by atoms with Crippen LogP contribution in [0, 0.1) is 0 Å². The van der Waals surface area contributed by atoms with E-state index in [0.717, 1.165) is 32.2 Å². The number of nitrogens with zero attached hydrogens (tertiary/aromatic N) is 3. The van der Waals surface area contributed by atoms with E-state index in [2.05, 4.69) is 4.90 Å². The lowest BCUT2D eigenvalue weighted by Gasteiger charge is -2.38. The Morgan fingerprint density at radius 3 is 2.17 bits per heavy atom. The van der Waals surface area contributed by atoms with E-state index in [0.29, 0.717) is 13.1 Å². The van der Waals surface area contributed by atoms with E-state index >= 15 is 0 Å². The van der Waals surface area contributed by atoms with Gasteiger partial charge in [0, 0.05) is 26.2 Å². The van der Waals surface area contributed by atoms with Crippen LogP contribution in [0.4, 0.5) is 4.79 Å². The van der Waals surface area contributed by atoms with Crippen LogP contribution in [0.3, 0.4) is 0 Å². The molecule has 2 rings (SSSR count). The molecule has 0 aromatic rings. The molecule has 6 heteroatoms. The lowest BCUT2D eigenvalue weighted by molar-refractivity contribution is -0.137. The Bertz CT molecular complexity index is 439. The van der Waals surface area contributed by atoms with E-state index in [9.17, 15) is 9.59 Å². The van der Waals surface area contributed by atoms with Gasteiger partial charge in [0.1, 0.15) is 5.60 Å². The zero-order valence-electron chi connectivity index (χ0n) is 15.2. The molecule has 0 radical (unpaired) electrons. The SMILES string of the molecule is CN(C(=O)[C@H]1CCCN1C)C1CCN(C(=O)OC(C)(C)C)CC1. The van der Waals surface area contributed by atoms with Crippen molar-refractivity contribution < 1.29 is 14.3 Å². The summed E-state index contributed by atoms with van der Waals surface area (Å²) in [5, 5.41) is 0. The normalized spacial score (nSPS) is 23.9. The second-order valence-corrected chi connectivity index (χ2v) is 7.79. The maximum atomic E-state index is 12.6. The Balaban J connectivity index is 1.84. The third-order valence-electron chi connectivity index (χ3n) is 4.82. The average molecular weight is 325 g/mol. The molecule has 2 amide bonds. The number of ether oxygens (including phenoxy) is 1. The van der Waals surface area contributed by atoms with Crippen LogP contribution in [0.15, 0.2) is 0 Å². The molecule has 6 nitrogen and oxygen atoms in total. The third-order valence-corrected chi connectivity index (χ3v) is 4.82. The molecular weight excluding hydrogens is 294 g/mol. The summed E-state index contributed by atoms with van der Waals surface area (Å²) >= 11 is 0. The zero-order chi connectivity index (χ0) is 17.2. The summed E-state index contributed by atoms with van der Waals surface area (Å²) in [6.45, 7) is 7.93. The number of piperidine rings is 1. The van der Waals surface area contributed by atoms with E-state index in [4.69, 9.17) is 4.74 Å². The highest BCUT2D eigenvalue weighted by molar-refractivity contribution is 5.82. The van der Waals surface area contributed by atoms with Gasteiger partial charge >= 0.3 is 6.09 Å². The van der Waals surface area contributed by atoms with Gasteiger partial charge in [-0.2, -0.15) is 0 Å². The van der Waals surface area contributed by atoms with Crippen LogP contribution in [-0.2, 0) is 9.53 Å². The summed E-state index contributed by atoms with van der Waals surface area (Å²) in [7, 11) is 3.93. The molecule has 0 bridgehead atoms. The summed E-state index contributed by atoms with van der Waals surface area (Å²) in [4.78, 5) is 30.5. The van der Waals surface area contributed by atoms with Gasteiger partial charge in [-0.25, -0.2) is 4.79 Å². The van der Waals surface area contributed by atoms with Crippen LogP contribution in [0.2, 0.25) is 0 Å². The highest BCUT2D eigenvalue weighted by Crippen LogP contribution is 2.22. The minimum absolute atomic E-state index is 0.0314. The quantitative estimate of drug-likeness (QED) is 0.778. The minimum Gasteiger partial charge on any atom is -0.444 e. The molecule has 2 heterocycles. The van der Waals surface area contributed by atoms with Crippen molar-refractivity contribution in [2.75, 3.05) is 33.7 Å². The number of hydrogen-bond donors (Lipinski definition) is 0. The van der Waals surface area contributed by atoms with Gasteiger partial charge in [0.05, 0.1) is 6.04 Å². The van der Waals surface area contributed by atoms with Crippen LogP contribution in [0.5, 0.6) is 0 Å². The van der Waals surface area contributed by atoms with Gasteiger partial charge in [0.25, 0.3) is 0 Å². The Labute approximate surface area is 139 Å². The van der Waals surface area contributed by atoms with Gasteiger partial charge in [-0.3, -0.25) is 9.69 Å². The van der Waals surface area contributed by atoms with Crippen molar-refractivity contribution in [3.05, 3.63) is 0 Å². The lowest BCUT2D eigenvalue weighted by Crippen LogP contribution is -2.51. The van der Waals surface area contributed by atoms with Crippen LogP contribution >= 0.6 is 0 Å². The number of carbonyl (C=O) groups excluding carboxylic acids is 2. The molecule has 0 aliphatic carbocycles. The van der Waals surface area contributed by atoms with Crippen LogP contribution in [0.25, 0.3) is 0 Å². The van der Waals surface area contributed by atoms with Gasteiger partial charge in [-0.1, -0.05) is 0 Å². The predicted octanol–water partition coefficient (Wildman–Crippen LogP) is 1.94. The third kappa shape index (κ3) is 4.59. The van der Waals surface area contributed by atoms with Gasteiger partial charge in [0.15, 0.2) is 0 Å². The maximum Gasteiger partial charge on any atom is 0.410 e. The molecule has 2 aliphatic heterocycles. The molecule has 2 fully saturated rings. The monoisotopic (exact) mass is 325 g/mol. The van der Waals surface area contributed by atoms with Gasteiger partial charge in [-0.05, 0) is 60.0 Å². The molecule has 23 heavy (non-hydrogen) atoms. The Morgan fingerprint density at radius 1 is 1.09 bits per heavy atom. The fourth-order valence-electron chi connectivity index (χ4n) is 3.40. The number of amides is 2. The molecule has 132 valence electrons. The number of hydrogen-bond acceptors (Lipinski definition) is 4. The van der Waals surface area contributed by atoms with Crippen molar-refractivity contribution in [1.29, 1.82) is 0 Å². The van der Waals surface area contributed by atoms with E-state index < -0.39 is 5.60 Å². The molecule has 0 spiro atoms. The molecule has 0 aromatic heterocycles. The van der Waals surface area contributed by atoms with Crippen molar-refractivity contribution >= 4 is 12.0 Å². The molecule has 1 atom stereocenters. The molecule has 0 aromatic carbocycles. The largest absolute Gasteiger partial charge is 0.444 e. The standard InChI is InChI=1S/C17H31N3O3/c1-17(2,3)23-16(22)20-11-8-13(9-12-20)19(5)15(21)14-7-6-10-18(14)4/h13-14H,6-12H2,1-5H3/t14-/m1/s1. The second kappa shape index (κ2) is 7.07. The summed E-state index contributed by atoms with van der Waals surface area (Å²) in [6.07, 6.45) is 3.44. The minimum atomic E-state index is -0.465. The second-order valence-electron chi connectivity index (χ2n) is 7.79. The van der Waals surface area contributed by atoms with Gasteiger partial charge in [-0.15, -0.1) is 0 Å². The van der Waals surface area contributed by atoms with Crippen molar-refractivity contribution in [3.8, 4) is 0 Å². The maximum absolute atomic E-state index is 12.6. The van der Waals surface area contributed by atoms with Crippen molar-refractivity contribution in [2.45, 2.75) is 64.1 Å². The molecular formula is C17H31N3O3. The fourth-order valence-corrected chi connectivity index (χ4v) is 3.40. The lowest BCUT2D eigenvalue weighted by atomic mass is 10.0. The zero-order valence-corrected chi connectivity index (χ0v) is 15.2. The Kier molecular flexibility index (Phi) is 5.55. The first-order valence-corrected chi connectivity index (χ1v) is 8.64. The summed E-state index contributed by atoms with van der Waals surface area (Å²) in [5.74, 6) is 0.223. The smallest absolute Gasteiger partial charge is 0.410 e. The van der Waals surface area contributed by atoms with E-state index in [1.54, 1.807) is 4.90 Å². The van der Waals surface area contributed by atoms with Crippen LogP contribution in [0.1, 0.15) is 46.5 Å². The molecule has 0 N–H and O–H groups in total. The van der Waals surface area contributed by atoms with Crippen LogP contribution < -0.4 is 0 Å². The molecule has 0 saturated carbocycles. The van der Waals surface area contributed by atoms with Crippen molar-refractivity contribution in [1.82, 2.24) is 14.7 Å². The predicted molar refractivity (Wildman–Crippen MR) is 89.3 cm³/mol.